The quantitative estimate of drug-likeness (QED) is 0.835. The zero-order chi connectivity index (χ0) is 16.7. The second-order valence-corrected chi connectivity index (χ2v) is 4.40. The summed E-state index contributed by atoms with van der Waals surface area (Å²) in [5.41, 5.74) is 0.560. The summed E-state index contributed by atoms with van der Waals surface area (Å²) < 4.78 is 11.2. The highest BCUT2D eigenvalue weighted by atomic mass is 16.5. The molecule has 23 heavy (non-hydrogen) atoms. The molecule has 122 valence electrons. The molecule has 0 fully saturated rings. The molecule has 0 aliphatic heterocycles. The Kier molecular flexibility index (Phi) is 5.50. The first-order valence-corrected chi connectivity index (χ1v) is 6.89. The Morgan fingerprint density at radius 3 is 2.78 bits per heavy atom. The summed E-state index contributed by atoms with van der Waals surface area (Å²) in [6.07, 6.45) is 0.802. The smallest absolute Gasteiger partial charge is 0.412 e. The number of benzene rings is 1. The summed E-state index contributed by atoms with van der Waals surface area (Å²) in [6.45, 7) is 1.88. The van der Waals surface area contributed by atoms with Crippen molar-refractivity contribution in [1.82, 2.24) is 15.0 Å². The van der Waals surface area contributed by atoms with E-state index in [-0.39, 0.29) is 24.9 Å². The number of carbonyl (C=O) groups is 2. The van der Waals surface area contributed by atoms with Gasteiger partial charge in [0.05, 0.1) is 25.6 Å². The van der Waals surface area contributed by atoms with Crippen molar-refractivity contribution in [3.63, 3.8) is 0 Å². The molecule has 0 saturated carbocycles. The van der Waals surface area contributed by atoms with Crippen molar-refractivity contribution in [2.24, 2.45) is 0 Å². The highest BCUT2D eigenvalue weighted by Gasteiger charge is 2.10. The van der Waals surface area contributed by atoms with Crippen LogP contribution >= 0.6 is 0 Å². The number of hydrogen-bond acceptors (Lipinski definition) is 6. The number of para-hydroxylation sites is 2. The maximum atomic E-state index is 12.0. The van der Waals surface area contributed by atoms with E-state index in [1.54, 1.807) is 31.2 Å². The average molecular weight is 319 g/mol. The highest BCUT2D eigenvalue weighted by molar-refractivity contribution is 5.92. The lowest BCUT2D eigenvalue weighted by molar-refractivity contribution is -0.116. The molecule has 0 aliphatic carbocycles. The number of ether oxygens (including phenoxy) is 2. The molecule has 0 unspecified atom stereocenters. The molecular weight excluding hydrogens is 302 g/mol. The molecule has 9 heteroatoms. The number of hydrogen-bond donors (Lipinski definition) is 2. The molecule has 1 heterocycles. The standard InChI is InChI=1S/C14H17N5O4/c1-3-23-14(21)16-12-8-19(18-17-12)9-13(20)15-10-6-4-5-7-11(10)22-2/h4-8H,3,9H2,1-2H3,(H,15,20)(H,16,21). The van der Waals surface area contributed by atoms with Gasteiger partial charge in [0.15, 0.2) is 5.82 Å². The van der Waals surface area contributed by atoms with E-state index in [1.807, 2.05) is 0 Å². The molecule has 0 saturated heterocycles. The van der Waals surface area contributed by atoms with Crippen molar-refractivity contribution in [1.29, 1.82) is 0 Å². The Morgan fingerprint density at radius 2 is 2.04 bits per heavy atom. The summed E-state index contributed by atoms with van der Waals surface area (Å²) in [5, 5.41) is 12.6. The van der Waals surface area contributed by atoms with E-state index in [2.05, 4.69) is 20.9 Å². The van der Waals surface area contributed by atoms with Crippen molar-refractivity contribution in [2.45, 2.75) is 13.5 Å². The first-order chi connectivity index (χ1) is 11.1. The Labute approximate surface area is 132 Å². The SMILES string of the molecule is CCOC(=O)Nc1cn(CC(=O)Nc2ccccc2OC)nn1. The number of amides is 2. The molecule has 2 rings (SSSR count). The summed E-state index contributed by atoms with van der Waals surface area (Å²) in [4.78, 5) is 23.3. The van der Waals surface area contributed by atoms with Crippen LogP contribution in [0.4, 0.5) is 16.3 Å². The minimum Gasteiger partial charge on any atom is -0.495 e. The lowest BCUT2D eigenvalue weighted by atomic mass is 10.3. The number of rotatable bonds is 6. The molecule has 2 N–H and O–H groups in total. The zero-order valence-electron chi connectivity index (χ0n) is 12.8. The van der Waals surface area contributed by atoms with Crippen LogP contribution in [0.3, 0.4) is 0 Å². The van der Waals surface area contributed by atoms with Gasteiger partial charge < -0.3 is 14.8 Å². The van der Waals surface area contributed by atoms with Crippen LogP contribution in [0.5, 0.6) is 5.75 Å². The van der Waals surface area contributed by atoms with E-state index < -0.39 is 6.09 Å². The monoisotopic (exact) mass is 319 g/mol. The van der Waals surface area contributed by atoms with Gasteiger partial charge in [-0.3, -0.25) is 10.1 Å². The first-order valence-electron chi connectivity index (χ1n) is 6.89. The fraction of sp³-hybridized carbons (Fsp3) is 0.286. The summed E-state index contributed by atoms with van der Waals surface area (Å²) >= 11 is 0. The second-order valence-electron chi connectivity index (χ2n) is 4.40. The molecule has 0 radical (unpaired) electrons. The number of methoxy groups -OCH3 is 1. The van der Waals surface area contributed by atoms with Gasteiger partial charge in [-0.2, -0.15) is 0 Å². The average Bonchev–Trinajstić information content (AvgIpc) is 2.94. The molecule has 9 nitrogen and oxygen atoms in total. The Hall–Kier alpha value is -3.10. The maximum Gasteiger partial charge on any atom is 0.412 e. The normalized spacial score (nSPS) is 10.0. The van der Waals surface area contributed by atoms with Crippen molar-refractivity contribution < 1.29 is 19.1 Å². The van der Waals surface area contributed by atoms with Gasteiger partial charge in [0.25, 0.3) is 0 Å². The lowest BCUT2D eigenvalue weighted by Gasteiger charge is -2.09. The Balaban J connectivity index is 1.93. The van der Waals surface area contributed by atoms with E-state index in [9.17, 15) is 9.59 Å². The van der Waals surface area contributed by atoms with E-state index in [0.717, 1.165) is 0 Å². The third kappa shape index (κ3) is 4.70. The second kappa shape index (κ2) is 7.78. The molecule has 0 aliphatic rings. The molecule has 2 aromatic rings. The van der Waals surface area contributed by atoms with E-state index in [0.29, 0.717) is 11.4 Å². The van der Waals surface area contributed by atoms with E-state index in [1.165, 1.54) is 18.0 Å². The predicted octanol–water partition coefficient (Wildman–Crippen LogP) is 1.49. The van der Waals surface area contributed by atoms with Crippen LogP contribution in [0.1, 0.15) is 6.92 Å². The van der Waals surface area contributed by atoms with E-state index in [4.69, 9.17) is 9.47 Å². The molecule has 0 atom stereocenters. The largest absolute Gasteiger partial charge is 0.495 e. The van der Waals surface area contributed by atoms with Crippen LogP contribution in [0.15, 0.2) is 30.5 Å². The number of aromatic nitrogens is 3. The van der Waals surface area contributed by atoms with E-state index >= 15 is 0 Å². The lowest BCUT2D eigenvalue weighted by Crippen LogP contribution is -2.19. The number of nitrogens with zero attached hydrogens (tertiary/aromatic N) is 3. The third-order valence-corrected chi connectivity index (χ3v) is 2.73. The maximum absolute atomic E-state index is 12.0. The minimum absolute atomic E-state index is 0.0600. The van der Waals surface area contributed by atoms with Crippen molar-refractivity contribution >= 4 is 23.5 Å². The third-order valence-electron chi connectivity index (χ3n) is 2.73. The van der Waals surface area contributed by atoms with Gasteiger partial charge in [-0.15, -0.1) is 5.10 Å². The highest BCUT2D eigenvalue weighted by Crippen LogP contribution is 2.22. The summed E-state index contributed by atoms with van der Waals surface area (Å²) in [7, 11) is 1.52. The summed E-state index contributed by atoms with van der Waals surface area (Å²) in [6, 6.07) is 7.06. The molecule has 0 bridgehead atoms. The van der Waals surface area contributed by atoms with Crippen LogP contribution in [-0.4, -0.2) is 40.7 Å². The van der Waals surface area contributed by atoms with Gasteiger partial charge in [-0.05, 0) is 19.1 Å². The van der Waals surface area contributed by atoms with Gasteiger partial charge in [0.2, 0.25) is 5.91 Å². The fourth-order valence-electron chi connectivity index (χ4n) is 1.79. The van der Waals surface area contributed by atoms with Crippen molar-refractivity contribution in [3.8, 4) is 5.75 Å². The van der Waals surface area contributed by atoms with Crippen LogP contribution in [0, 0.1) is 0 Å². The number of anilines is 2. The van der Waals surface area contributed by atoms with Gasteiger partial charge in [-0.25, -0.2) is 9.48 Å². The molecule has 0 spiro atoms. The van der Waals surface area contributed by atoms with Gasteiger partial charge in [0.1, 0.15) is 12.3 Å². The van der Waals surface area contributed by atoms with Crippen LogP contribution in [0.25, 0.3) is 0 Å². The van der Waals surface area contributed by atoms with Crippen molar-refractivity contribution in [2.75, 3.05) is 24.4 Å². The Morgan fingerprint density at radius 1 is 1.26 bits per heavy atom. The Bertz CT molecular complexity index is 685. The molecule has 1 aromatic heterocycles. The van der Waals surface area contributed by atoms with Crippen LogP contribution in [0.2, 0.25) is 0 Å². The van der Waals surface area contributed by atoms with Gasteiger partial charge in [-0.1, -0.05) is 17.3 Å². The molecular formula is C14H17N5O4. The van der Waals surface area contributed by atoms with Gasteiger partial charge in [0, 0.05) is 0 Å². The zero-order valence-corrected chi connectivity index (χ0v) is 12.8. The van der Waals surface area contributed by atoms with Crippen LogP contribution < -0.4 is 15.4 Å². The fourth-order valence-corrected chi connectivity index (χ4v) is 1.79. The predicted molar refractivity (Wildman–Crippen MR) is 82.3 cm³/mol. The number of nitrogens with one attached hydrogen (secondary N) is 2. The minimum atomic E-state index is -0.627. The van der Waals surface area contributed by atoms with Gasteiger partial charge >= 0.3 is 6.09 Å². The van der Waals surface area contributed by atoms with Crippen LogP contribution in [-0.2, 0) is 16.1 Å². The summed E-state index contributed by atoms with van der Waals surface area (Å²) in [5.74, 6) is 0.458. The first kappa shape index (κ1) is 16.3. The van der Waals surface area contributed by atoms with Crippen molar-refractivity contribution in [3.05, 3.63) is 30.5 Å². The molecule has 2 amide bonds. The number of carbonyl (C=O) groups excluding carboxylic acids is 2. The topological polar surface area (TPSA) is 107 Å². The molecule has 1 aromatic carbocycles.